The fraction of sp³-hybridized carbons (Fsp3) is 0.600. The highest BCUT2D eigenvalue weighted by molar-refractivity contribution is 5.75. The summed E-state index contributed by atoms with van der Waals surface area (Å²) in [5.74, 6) is 0.312. The van der Waals surface area contributed by atoms with E-state index < -0.39 is 0 Å². The number of rotatable bonds is 2. The van der Waals surface area contributed by atoms with Gasteiger partial charge in [-0.1, -0.05) is 0 Å². The molecule has 0 amide bonds. The average molecular weight is 210 g/mol. The molecule has 5 nitrogen and oxygen atoms in total. The highest BCUT2D eigenvalue weighted by Crippen LogP contribution is 2.16. The first-order valence-electron chi connectivity index (χ1n) is 5.10. The van der Waals surface area contributed by atoms with Gasteiger partial charge in [0, 0.05) is 25.6 Å². The Morgan fingerprint density at radius 1 is 1.67 bits per heavy atom. The minimum absolute atomic E-state index is 0.130. The summed E-state index contributed by atoms with van der Waals surface area (Å²) in [4.78, 5) is 11.0. The van der Waals surface area contributed by atoms with E-state index in [-0.39, 0.29) is 12.2 Å². The predicted octanol–water partition coefficient (Wildman–Crippen LogP) is 1.45. The van der Waals surface area contributed by atoms with Gasteiger partial charge in [-0.3, -0.25) is 4.79 Å². The van der Waals surface area contributed by atoms with Gasteiger partial charge in [-0.25, -0.2) is 4.68 Å². The van der Waals surface area contributed by atoms with Crippen molar-refractivity contribution in [2.45, 2.75) is 32.5 Å². The van der Waals surface area contributed by atoms with E-state index in [0.717, 1.165) is 25.9 Å². The second-order valence-electron chi connectivity index (χ2n) is 3.53. The van der Waals surface area contributed by atoms with Crippen LogP contribution in [0.1, 0.15) is 31.0 Å². The molecule has 15 heavy (non-hydrogen) atoms. The topological polar surface area (TPSA) is 53.4 Å². The van der Waals surface area contributed by atoms with Crippen LogP contribution in [-0.2, 0) is 4.74 Å². The summed E-state index contributed by atoms with van der Waals surface area (Å²) >= 11 is 0. The van der Waals surface area contributed by atoms with Crippen LogP contribution in [0.5, 0.6) is 5.88 Å². The van der Waals surface area contributed by atoms with Crippen LogP contribution >= 0.6 is 0 Å². The summed E-state index contributed by atoms with van der Waals surface area (Å²) in [6.45, 7) is 2.19. The number of hydrogen-bond donors (Lipinski definition) is 0. The molecule has 0 spiro atoms. The second kappa shape index (κ2) is 4.44. The third-order valence-corrected chi connectivity index (χ3v) is 2.28. The van der Waals surface area contributed by atoms with Crippen molar-refractivity contribution in [3.05, 3.63) is 12.3 Å². The van der Waals surface area contributed by atoms with E-state index in [0.29, 0.717) is 5.88 Å². The van der Waals surface area contributed by atoms with E-state index >= 15 is 0 Å². The lowest BCUT2D eigenvalue weighted by Crippen LogP contribution is -2.25. The third kappa shape index (κ3) is 2.56. The van der Waals surface area contributed by atoms with Gasteiger partial charge in [0.15, 0.2) is 0 Å². The lowest BCUT2D eigenvalue weighted by molar-refractivity contribution is -0.108. The lowest BCUT2D eigenvalue weighted by atomic mass is 10.2. The first kappa shape index (κ1) is 10.2. The van der Waals surface area contributed by atoms with Crippen molar-refractivity contribution in [3.8, 4) is 5.88 Å². The van der Waals surface area contributed by atoms with Gasteiger partial charge in [0.25, 0.3) is 0 Å². The maximum absolute atomic E-state index is 11.0. The third-order valence-electron chi connectivity index (χ3n) is 2.28. The van der Waals surface area contributed by atoms with Crippen LogP contribution in [0.15, 0.2) is 12.3 Å². The summed E-state index contributed by atoms with van der Waals surface area (Å²) in [5.41, 5.74) is 0. The van der Waals surface area contributed by atoms with Gasteiger partial charge in [-0.05, 0) is 12.8 Å². The van der Waals surface area contributed by atoms with Gasteiger partial charge < -0.3 is 9.47 Å². The van der Waals surface area contributed by atoms with Gasteiger partial charge in [-0.15, -0.1) is 5.10 Å². The molecule has 0 aliphatic carbocycles. The zero-order chi connectivity index (χ0) is 10.7. The van der Waals surface area contributed by atoms with Crippen LogP contribution in [0, 0.1) is 0 Å². The Kier molecular flexibility index (Phi) is 3.01. The quantitative estimate of drug-likeness (QED) is 0.741. The van der Waals surface area contributed by atoms with E-state index in [4.69, 9.17) is 9.47 Å². The largest absolute Gasteiger partial charge is 0.447 e. The first-order chi connectivity index (χ1) is 7.25. The van der Waals surface area contributed by atoms with Gasteiger partial charge in [0.1, 0.15) is 0 Å². The molecule has 0 radical (unpaired) electrons. The molecule has 1 unspecified atom stereocenters. The van der Waals surface area contributed by atoms with Crippen molar-refractivity contribution >= 4 is 5.91 Å². The normalized spacial score (nSPS) is 21.3. The molecular formula is C10H14N2O3. The smallest absolute Gasteiger partial charge is 0.243 e. The lowest BCUT2D eigenvalue weighted by Gasteiger charge is -2.21. The molecule has 0 N–H and O–H groups in total. The van der Waals surface area contributed by atoms with Gasteiger partial charge in [-0.2, -0.15) is 0 Å². The Labute approximate surface area is 88.0 Å². The van der Waals surface area contributed by atoms with Crippen LogP contribution in [0.3, 0.4) is 0 Å². The molecule has 82 valence electrons. The molecule has 1 aromatic rings. The number of carbonyl (C=O) groups is 1. The molecule has 1 aliphatic rings. The van der Waals surface area contributed by atoms with Crippen LogP contribution in [0.2, 0.25) is 0 Å². The van der Waals surface area contributed by atoms with E-state index in [1.54, 1.807) is 12.3 Å². The first-order valence-corrected chi connectivity index (χ1v) is 5.10. The molecule has 0 saturated carbocycles. The zero-order valence-electron chi connectivity index (χ0n) is 8.68. The fourth-order valence-electron chi connectivity index (χ4n) is 1.48. The summed E-state index contributed by atoms with van der Waals surface area (Å²) in [6, 6.07) is 1.67. The maximum atomic E-state index is 11.0. The highest BCUT2D eigenvalue weighted by atomic mass is 16.7. The summed E-state index contributed by atoms with van der Waals surface area (Å²) in [5, 5.41) is 3.97. The van der Waals surface area contributed by atoms with Crippen molar-refractivity contribution < 1.29 is 14.3 Å². The standard InChI is InChI=1S/C10H14N2O3/c1-8(13)12-6-5-9(11-12)15-10-4-2-3-7-14-10/h5-6,10H,2-4,7H2,1H3. The van der Waals surface area contributed by atoms with Crippen LogP contribution in [-0.4, -0.2) is 28.6 Å². The Bertz CT molecular complexity index is 342. The molecule has 1 aromatic heterocycles. The molecule has 1 fully saturated rings. The summed E-state index contributed by atoms with van der Waals surface area (Å²) in [7, 11) is 0. The SMILES string of the molecule is CC(=O)n1ccc(OC2CCCCO2)n1. The minimum Gasteiger partial charge on any atom is -0.447 e. The van der Waals surface area contributed by atoms with Gasteiger partial charge in [0.05, 0.1) is 6.61 Å². The van der Waals surface area contributed by atoms with Crippen molar-refractivity contribution in [3.63, 3.8) is 0 Å². The van der Waals surface area contributed by atoms with Crippen molar-refractivity contribution in [1.82, 2.24) is 9.78 Å². The Hall–Kier alpha value is -1.36. The molecule has 5 heteroatoms. The molecule has 0 bridgehead atoms. The summed E-state index contributed by atoms with van der Waals surface area (Å²) < 4.78 is 12.1. The number of carbonyl (C=O) groups excluding carboxylic acids is 1. The predicted molar refractivity (Wildman–Crippen MR) is 52.7 cm³/mol. The van der Waals surface area contributed by atoms with E-state index in [9.17, 15) is 4.79 Å². The van der Waals surface area contributed by atoms with Crippen molar-refractivity contribution in [2.24, 2.45) is 0 Å². The number of ether oxygens (including phenoxy) is 2. The summed E-state index contributed by atoms with van der Waals surface area (Å²) in [6.07, 6.45) is 4.45. The molecule has 2 heterocycles. The molecule has 1 aliphatic heterocycles. The second-order valence-corrected chi connectivity index (χ2v) is 3.53. The van der Waals surface area contributed by atoms with E-state index in [1.807, 2.05) is 0 Å². The van der Waals surface area contributed by atoms with Gasteiger partial charge >= 0.3 is 0 Å². The van der Waals surface area contributed by atoms with E-state index in [1.165, 1.54) is 11.6 Å². The fourth-order valence-corrected chi connectivity index (χ4v) is 1.48. The van der Waals surface area contributed by atoms with Crippen molar-refractivity contribution in [1.29, 1.82) is 0 Å². The average Bonchev–Trinajstić information content (AvgIpc) is 2.68. The minimum atomic E-state index is -0.214. The number of hydrogen-bond acceptors (Lipinski definition) is 4. The Morgan fingerprint density at radius 3 is 3.13 bits per heavy atom. The molecule has 2 rings (SSSR count). The molecule has 1 atom stereocenters. The molecule has 1 saturated heterocycles. The van der Waals surface area contributed by atoms with Crippen molar-refractivity contribution in [2.75, 3.05) is 6.61 Å². The highest BCUT2D eigenvalue weighted by Gasteiger charge is 2.16. The van der Waals surface area contributed by atoms with Crippen LogP contribution < -0.4 is 4.74 Å². The van der Waals surface area contributed by atoms with Gasteiger partial charge in [0.2, 0.25) is 18.1 Å². The van der Waals surface area contributed by atoms with Crippen LogP contribution in [0.25, 0.3) is 0 Å². The monoisotopic (exact) mass is 210 g/mol. The zero-order valence-corrected chi connectivity index (χ0v) is 8.68. The van der Waals surface area contributed by atoms with Crippen LogP contribution in [0.4, 0.5) is 0 Å². The molecule has 0 aromatic carbocycles. The number of aromatic nitrogens is 2. The van der Waals surface area contributed by atoms with E-state index in [2.05, 4.69) is 5.10 Å². The Balaban J connectivity index is 1.94. The Morgan fingerprint density at radius 2 is 2.53 bits per heavy atom. The maximum Gasteiger partial charge on any atom is 0.243 e. The number of nitrogens with zero attached hydrogens (tertiary/aromatic N) is 2. The molecular weight excluding hydrogens is 196 g/mol.